The number of benzene rings is 1. The van der Waals surface area contributed by atoms with Gasteiger partial charge in [-0.05, 0) is 31.4 Å². The fraction of sp³-hybridized carbons (Fsp3) is 0.556. The molecular weight excluding hydrogens is 381 g/mol. The van der Waals surface area contributed by atoms with E-state index in [0.29, 0.717) is 12.8 Å². The molecule has 0 heterocycles. The summed E-state index contributed by atoms with van der Waals surface area (Å²) in [5.41, 5.74) is 5.19. The monoisotopic (exact) mass is 404 g/mol. The SMILES string of the molecule is COc1cc(C(=O)NC2CCCC(C(F)(F)F)C2)cc(OC)c1OCC(N)=O. The minimum atomic E-state index is -4.27. The van der Waals surface area contributed by atoms with Gasteiger partial charge in [-0.2, -0.15) is 13.2 Å². The maximum absolute atomic E-state index is 13.0. The molecule has 0 bridgehead atoms. The average molecular weight is 404 g/mol. The van der Waals surface area contributed by atoms with Crippen LogP contribution >= 0.6 is 0 Å². The Balaban J connectivity index is 2.17. The first-order chi connectivity index (χ1) is 13.2. The van der Waals surface area contributed by atoms with Crippen LogP contribution in [0.15, 0.2) is 12.1 Å². The summed E-state index contributed by atoms with van der Waals surface area (Å²) in [6, 6.07) is 2.15. The molecule has 0 spiro atoms. The molecule has 1 aromatic rings. The number of carbonyl (C=O) groups excluding carboxylic acids is 2. The quantitative estimate of drug-likeness (QED) is 0.727. The van der Waals surface area contributed by atoms with Gasteiger partial charge in [-0.3, -0.25) is 9.59 Å². The van der Waals surface area contributed by atoms with Crippen LogP contribution in [0.1, 0.15) is 36.0 Å². The molecule has 1 saturated carbocycles. The zero-order valence-corrected chi connectivity index (χ0v) is 15.6. The number of rotatable bonds is 7. The van der Waals surface area contributed by atoms with Crippen LogP contribution in [0.3, 0.4) is 0 Å². The zero-order valence-electron chi connectivity index (χ0n) is 15.6. The third kappa shape index (κ3) is 5.43. The van der Waals surface area contributed by atoms with Crippen molar-refractivity contribution in [1.29, 1.82) is 0 Å². The van der Waals surface area contributed by atoms with Gasteiger partial charge in [0.2, 0.25) is 5.75 Å². The second kappa shape index (κ2) is 9.03. The van der Waals surface area contributed by atoms with Crippen molar-refractivity contribution in [1.82, 2.24) is 5.32 Å². The molecule has 1 aliphatic rings. The summed E-state index contributed by atoms with van der Waals surface area (Å²) < 4.78 is 54.5. The first kappa shape index (κ1) is 21.6. The minimum absolute atomic E-state index is 0.0728. The highest BCUT2D eigenvalue weighted by molar-refractivity contribution is 5.95. The van der Waals surface area contributed by atoms with Crippen LogP contribution in [0.5, 0.6) is 17.2 Å². The van der Waals surface area contributed by atoms with E-state index in [-0.39, 0.29) is 35.7 Å². The van der Waals surface area contributed by atoms with Crippen molar-refractivity contribution in [2.24, 2.45) is 11.7 Å². The van der Waals surface area contributed by atoms with Crippen LogP contribution in [0.25, 0.3) is 0 Å². The predicted molar refractivity (Wildman–Crippen MR) is 93.5 cm³/mol. The van der Waals surface area contributed by atoms with E-state index in [1.54, 1.807) is 0 Å². The van der Waals surface area contributed by atoms with Crippen LogP contribution in [-0.4, -0.2) is 44.9 Å². The first-order valence-electron chi connectivity index (χ1n) is 8.70. The minimum Gasteiger partial charge on any atom is -0.493 e. The molecule has 1 aromatic carbocycles. The molecule has 1 aliphatic carbocycles. The van der Waals surface area contributed by atoms with Crippen molar-refractivity contribution in [3.05, 3.63) is 17.7 Å². The lowest BCUT2D eigenvalue weighted by Crippen LogP contribution is -2.41. The Bertz CT molecular complexity index is 699. The number of halogens is 3. The standard InChI is InChI=1S/C18H23F3N2O5/c1-26-13-6-10(7-14(27-2)16(13)28-9-15(22)24)17(25)23-12-5-3-4-11(8-12)18(19,20)21/h6-7,11-12H,3-5,8-9H2,1-2H3,(H2,22,24)(H,23,25). The zero-order chi connectivity index (χ0) is 20.9. The molecule has 1 fully saturated rings. The molecule has 28 heavy (non-hydrogen) atoms. The van der Waals surface area contributed by atoms with Gasteiger partial charge in [0.1, 0.15) is 0 Å². The van der Waals surface area contributed by atoms with E-state index in [4.69, 9.17) is 19.9 Å². The van der Waals surface area contributed by atoms with E-state index in [2.05, 4.69) is 5.32 Å². The molecule has 2 rings (SSSR count). The number of nitrogens with one attached hydrogen (secondary N) is 1. The fourth-order valence-corrected chi connectivity index (χ4v) is 3.18. The lowest BCUT2D eigenvalue weighted by molar-refractivity contribution is -0.183. The van der Waals surface area contributed by atoms with Gasteiger partial charge in [0.05, 0.1) is 20.1 Å². The molecule has 2 amide bonds. The third-order valence-electron chi connectivity index (χ3n) is 4.55. The molecule has 156 valence electrons. The maximum atomic E-state index is 13.0. The van der Waals surface area contributed by atoms with Gasteiger partial charge in [-0.1, -0.05) is 6.42 Å². The van der Waals surface area contributed by atoms with E-state index in [1.165, 1.54) is 26.4 Å². The van der Waals surface area contributed by atoms with Gasteiger partial charge >= 0.3 is 6.18 Å². The van der Waals surface area contributed by atoms with Crippen LogP contribution in [0, 0.1) is 5.92 Å². The fourth-order valence-electron chi connectivity index (χ4n) is 3.18. The Hall–Kier alpha value is -2.65. The molecule has 10 heteroatoms. The summed E-state index contributed by atoms with van der Waals surface area (Å²) in [6.45, 7) is -0.417. The number of methoxy groups -OCH3 is 2. The van der Waals surface area contributed by atoms with Gasteiger partial charge in [0.25, 0.3) is 11.8 Å². The van der Waals surface area contributed by atoms with Crippen LogP contribution < -0.4 is 25.3 Å². The molecule has 0 aliphatic heterocycles. The second-order valence-corrected chi connectivity index (χ2v) is 6.54. The third-order valence-corrected chi connectivity index (χ3v) is 4.55. The lowest BCUT2D eigenvalue weighted by Gasteiger charge is -2.31. The Morgan fingerprint density at radius 2 is 1.79 bits per heavy atom. The number of primary amides is 1. The molecule has 0 aromatic heterocycles. The first-order valence-corrected chi connectivity index (χ1v) is 8.70. The maximum Gasteiger partial charge on any atom is 0.391 e. The van der Waals surface area contributed by atoms with Gasteiger partial charge in [0, 0.05) is 11.6 Å². The largest absolute Gasteiger partial charge is 0.493 e. The van der Waals surface area contributed by atoms with Gasteiger partial charge in [-0.25, -0.2) is 0 Å². The van der Waals surface area contributed by atoms with Crippen molar-refractivity contribution in [3.8, 4) is 17.2 Å². The number of carbonyl (C=O) groups is 2. The van der Waals surface area contributed by atoms with Crippen LogP contribution in [0.4, 0.5) is 13.2 Å². The number of amides is 2. The molecule has 0 radical (unpaired) electrons. The number of alkyl halides is 3. The van der Waals surface area contributed by atoms with Gasteiger partial charge in [-0.15, -0.1) is 0 Å². The Labute approximate surface area is 160 Å². The van der Waals surface area contributed by atoms with Crippen molar-refractivity contribution >= 4 is 11.8 Å². The van der Waals surface area contributed by atoms with E-state index in [9.17, 15) is 22.8 Å². The summed E-state index contributed by atoms with van der Waals surface area (Å²) in [5, 5.41) is 2.64. The van der Waals surface area contributed by atoms with Crippen molar-refractivity contribution < 1.29 is 37.0 Å². The smallest absolute Gasteiger partial charge is 0.391 e. The summed E-state index contributed by atoms with van der Waals surface area (Å²) in [7, 11) is 2.67. The summed E-state index contributed by atoms with van der Waals surface area (Å²) in [6.07, 6.45) is -3.48. The van der Waals surface area contributed by atoms with Crippen molar-refractivity contribution in [2.45, 2.75) is 37.9 Å². The summed E-state index contributed by atoms with van der Waals surface area (Å²) in [4.78, 5) is 23.5. The normalized spacial score (nSPS) is 19.6. The molecular formula is C18H23F3N2O5. The number of hydrogen-bond acceptors (Lipinski definition) is 5. The van der Waals surface area contributed by atoms with Gasteiger partial charge in [0.15, 0.2) is 18.1 Å². The number of hydrogen-bond donors (Lipinski definition) is 2. The molecule has 2 unspecified atom stereocenters. The highest BCUT2D eigenvalue weighted by Gasteiger charge is 2.42. The van der Waals surface area contributed by atoms with Gasteiger partial charge < -0.3 is 25.3 Å². The highest BCUT2D eigenvalue weighted by Crippen LogP contribution is 2.39. The topological polar surface area (TPSA) is 99.9 Å². The molecule has 2 atom stereocenters. The highest BCUT2D eigenvalue weighted by atomic mass is 19.4. The molecule has 3 N–H and O–H groups in total. The van der Waals surface area contributed by atoms with Crippen LogP contribution in [0.2, 0.25) is 0 Å². The summed E-state index contributed by atoms with van der Waals surface area (Å²) >= 11 is 0. The molecule has 7 nitrogen and oxygen atoms in total. The predicted octanol–water partition coefficient (Wildman–Crippen LogP) is 2.42. The molecule has 0 saturated heterocycles. The average Bonchev–Trinajstić information content (AvgIpc) is 2.64. The van der Waals surface area contributed by atoms with Crippen LogP contribution in [-0.2, 0) is 4.79 Å². The Morgan fingerprint density at radius 1 is 1.18 bits per heavy atom. The lowest BCUT2D eigenvalue weighted by atomic mass is 9.85. The van der Waals surface area contributed by atoms with E-state index >= 15 is 0 Å². The van der Waals surface area contributed by atoms with E-state index in [0.717, 1.165) is 0 Å². The number of nitrogens with two attached hydrogens (primary N) is 1. The van der Waals surface area contributed by atoms with Crippen molar-refractivity contribution in [3.63, 3.8) is 0 Å². The summed E-state index contributed by atoms with van der Waals surface area (Å²) in [5.74, 6) is -2.33. The second-order valence-electron chi connectivity index (χ2n) is 6.54. The Kier molecular flexibility index (Phi) is 6.98. The number of ether oxygens (including phenoxy) is 3. The van der Waals surface area contributed by atoms with Crippen molar-refractivity contribution in [2.75, 3.05) is 20.8 Å². The van der Waals surface area contributed by atoms with E-state index in [1.807, 2.05) is 0 Å². The Morgan fingerprint density at radius 3 is 2.29 bits per heavy atom. The van der Waals surface area contributed by atoms with E-state index < -0.39 is 36.6 Å².